The van der Waals surface area contributed by atoms with Crippen LogP contribution in [0.1, 0.15) is 145 Å². The summed E-state index contributed by atoms with van der Waals surface area (Å²) in [5.74, 6) is 0.593. The second-order valence-corrected chi connectivity index (χ2v) is 20.0. The van der Waals surface area contributed by atoms with Crippen molar-refractivity contribution in [2.45, 2.75) is 182 Å². The van der Waals surface area contributed by atoms with Gasteiger partial charge in [-0.15, -0.1) is 0 Å². The molecule has 0 bridgehead atoms. The number of allylic oxidation sites excluding steroid dienone is 2. The molecular formula is C42H69NO8. The zero-order chi connectivity index (χ0) is 37.4. The van der Waals surface area contributed by atoms with Gasteiger partial charge in [-0.3, -0.25) is 9.59 Å². The van der Waals surface area contributed by atoms with E-state index in [1.165, 1.54) is 0 Å². The molecule has 9 nitrogen and oxygen atoms in total. The molecule has 290 valence electrons. The Balaban J connectivity index is 1.23. The molecule has 9 heteroatoms. The van der Waals surface area contributed by atoms with Gasteiger partial charge in [0.2, 0.25) is 5.91 Å². The summed E-state index contributed by atoms with van der Waals surface area (Å²) in [7, 11) is 0. The molecule has 5 N–H and O–H groups in total. The largest absolute Gasteiger partial charge is 0.481 e. The summed E-state index contributed by atoms with van der Waals surface area (Å²) in [5.41, 5.74) is 1.36. The fourth-order valence-electron chi connectivity index (χ4n) is 13.1. The van der Waals surface area contributed by atoms with Crippen LogP contribution in [0.2, 0.25) is 0 Å². The van der Waals surface area contributed by atoms with Crippen LogP contribution in [-0.4, -0.2) is 75.7 Å². The Hall–Kier alpha value is -1.52. The molecule has 1 amide bonds. The fraction of sp³-hybridized carbons (Fsp3) is 0.905. The molecule has 6 rings (SSSR count). The summed E-state index contributed by atoms with van der Waals surface area (Å²) in [6.07, 6.45) is 9.61. The van der Waals surface area contributed by atoms with E-state index < -0.39 is 36.7 Å². The van der Waals surface area contributed by atoms with Gasteiger partial charge in [0, 0.05) is 13.0 Å². The number of amides is 1. The number of aliphatic hydroxyl groups is 3. The van der Waals surface area contributed by atoms with E-state index in [-0.39, 0.29) is 56.8 Å². The summed E-state index contributed by atoms with van der Waals surface area (Å²) in [6, 6.07) is 0. The highest BCUT2D eigenvalue weighted by Gasteiger charge is 2.69. The van der Waals surface area contributed by atoms with E-state index in [0.717, 1.165) is 77.0 Å². The van der Waals surface area contributed by atoms with E-state index in [9.17, 15) is 24.9 Å². The minimum atomic E-state index is -1.31. The molecule has 0 aromatic carbocycles. The first kappa shape index (κ1) is 39.2. The number of ether oxygens (including phenoxy) is 2. The Bertz CT molecular complexity index is 1360. The molecule has 13 atom stereocenters. The maximum atomic E-state index is 14.3. The van der Waals surface area contributed by atoms with Gasteiger partial charge in [-0.1, -0.05) is 66.5 Å². The van der Waals surface area contributed by atoms with Gasteiger partial charge in [0.25, 0.3) is 0 Å². The third-order valence-electron chi connectivity index (χ3n) is 16.5. The number of carboxylic acid groups (broad SMARTS) is 1. The molecule has 1 aliphatic heterocycles. The number of aliphatic hydroxyl groups excluding tert-OH is 3. The fourth-order valence-corrected chi connectivity index (χ4v) is 13.1. The van der Waals surface area contributed by atoms with E-state index in [1.54, 1.807) is 12.5 Å². The highest BCUT2D eigenvalue weighted by Crippen LogP contribution is 2.76. The van der Waals surface area contributed by atoms with Gasteiger partial charge >= 0.3 is 5.97 Å². The summed E-state index contributed by atoms with van der Waals surface area (Å²) < 4.78 is 12.5. The number of nitrogens with one attached hydrogen (secondary N) is 1. The number of unbranched alkanes of at least 4 members (excludes halogenated alkanes) is 2. The average Bonchev–Trinajstić information content (AvgIpc) is 3.05. The normalized spacial score (nSPS) is 47.1. The van der Waals surface area contributed by atoms with Crippen molar-refractivity contribution in [1.82, 2.24) is 5.32 Å². The topological polar surface area (TPSA) is 146 Å². The quantitative estimate of drug-likeness (QED) is 0.100. The monoisotopic (exact) mass is 716 g/mol. The molecule has 0 aromatic rings. The van der Waals surface area contributed by atoms with E-state index in [4.69, 9.17) is 14.6 Å². The first-order valence-electron chi connectivity index (χ1n) is 20.3. The van der Waals surface area contributed by atoms with Crippen molar-refractivity contribution in [3.05, 3.63) is 11.6 Å². The van der Waals surface area contributed by atoms with Gasteiger partial charge in [0.1, 0.15) is 18.3 Å². The SMILES string of the molecule is C[C@@H]1O[C@@H](O[C@H]2CC[C@]3(C)[C@H]4CC=C5[C@@H]6CC(C)(C)CC[C@]6(C(=O)NCCCCCC(=O)O)CC[C@@]5(C)[C@]4(C)CC[C@H]3C2(C)C)[C@@H](O)[C@H](O)[C@@H]1O. The van der Waals surface area contributed by atoms with E-state index in [2.05, 4.69) is 59.9 Å². The standard InChI is InChI=1S/C42H69NO8/c1-25-32(46)33(47)34(48)35(50-25)51-30-16-17-39(6)28(38(30,4)5)15-18-41(8)29(39)14-13-26-27-24-37(2,3)19-21-42(27,22-20-40(26,41)7)36(49)43-23-11-9-10-12-31(44)45/h13,25,27-30,32-35,46-48H,9-12,14-24H2,1-8H3,(H,43,49)(H,44,45)/t25-,27-,28-,29+,30-,32+,33+,34-,35-,39-,40+,41+,42-/m0/s1. The number of carbonyl (C=O) groups excluding carboxylic acids is 1. The zero-order valence-electron chi connectivity index (χ0n) is 32.8. The number of hydrogen-bond acceptors (Lipinski definition) is 7. The highest BCUT2D eigenvalue weighted by atomic mass is 16.7. The van der Waals surface area contributed by atoms with Crippen LogP contribution < -0.4 is 5.32 Å². The van der Waals surface area contributed by atoms with Crippen LogP contribution in [0.15, 0.2) is 11.6 Å². The predicted octanol–water partition coefficient (Wildman–Crippen LogP) is 6.76. The molecule has 4 saturated carbocycles. The van der Waals surface area contributed by atoms with Crippen molar-refractivity contribution in [3.8, 4) is 0 Å². The number of aliphatic carboxylic acids is 1. The molecule has 6 aliphatic rings. The van der Waals surface area contributed by atoms with Gasteiger partial charge < -0.3 is 35.2 Å². The first-order valence-corrected chi connectivity index (χ1v) is 20.3. The van der Waals surface area contributed by atoms with Crippen molar-refractivity contribution in [2.75, 3.05) is 6.54 Å². The summed E-state index contributed by atoms with van der Waals surface area (Å²) in [5, 5.41) is 43.8. The molecule has 51 heavy (non-hydrogen) atoms. The summed E-state index contributed by atoms with van der Waals surface area (Å²) in [6.45, 7) is 19.4. The van der Waals surface area contributed by atoms with Crippen molar-refractivity contribution >= 4 is 11.9 Å². The third kappa shape index (κ3) is 6.34. The van der Waals surface area contributed by atoms with Crippen molar-refractivity contribution in [2.24, 2.45) is 50.2 Å². The predicted molar refractivity (Wildman–Crippen MR) is 195 cm³/mol. The Kier molecular flexibility index (Phi) is 10.5. The molecule has 5 fully saturated rings. The lowest BCUT2D eigenvalue weighted by atomic mass is 9.33. The van der Waals surface area contributed by atoms with E-state index in [1.807, 2.05) is 0 Å². The van der Waals surface area contributed by atoms with Gasteiger partial charge in [0.15, 0.2) is 6.29 Å². The van der Waals surface area contributed by atoms with Crippen LogP contribution in [0.25, 0.3) is 0 Å². The third-order valence-corrected chi connectivity index (χ3v) is 16.5. The maximum Gasteiger partial charge on any atom is 0.303 e. The smallest absolute Gasteiger partial charge is 0.303 e. The molecule has 0 aromatic heterocycles. The number of rotatable bonds is 9. The Morgan fingerprint density at radius 3 is 2.27 bits per heavy atom. The zero-order valence-corrected chi connectivity index (χ0v) is 32.8. The molecular weight excluding hydrogens is 646 g/mol. The molecule has 1 heterocycles. The Labute approximate surface area is 306 Å². The van der Waals surface area contributed by atoms with Gasteiger partial charge in [-0.2, -0.15) is 0 Å². The van der Waals surface area contributed by atoms with Gasteiger partial charge in [-0.25, -0.2) is 0 Å². The molecule has 5 aliphatic carbocycles. The second kappa shape index (κ2) is 13.6. The number of carbonyl (C=O) groups is 2. The highest BCUT2D eigenvalue weighted by molar-refractivity contribution is 5.84. The minimum Gasteiger partial charge on any atom is -0.481 e. The van der Waals surface area contributed by atoms with Crippen molar-refractivity contribution in [1.29, 1.82) is 0 Å². The maximum absolute atomic E-state index is 14.3. The van der Waals surface area contributed by atoms with Gasteiger partial charge in [-0.05, 0) is 129 Å². The molecule has 1 saturated heterocycles. The average molecular weight is 716 g/mol. The second-order valence-electron chi connectivity index (χ2n) is 20.0. The van der Waals surface area contributed by atoms with Gasteiger partial charge in [0.05, 0.1) is 17.6 Å². The molecule has 0 radical (unpaired) electrons. The van der Waals surface area contributed by atoms with E-state index >= 15 is 0 Å². The van der Waals surface area contributed by atoms with Crippen molar-refractivity contribution in [3.63, 3.8) is 0 Å². The Morgan fingerprint density at radius 2 is 1.57 bits per heavy atom. The van der Waals surface area contributed by atoms with Crippen molar-refractivity contribution < 1.29 is 39.5 Å². The number of hydrogen-bond donors (Lipinski definition) is 5. The van der Waals surface area contributed by atoms with Crippen LogP contribution in [0, 0.1) is 50.2 Å². The van der Waals surface area contributed by atoms with Crippen LogP contribution in [0.4, 0.5) is 0 Å². The number of fused-ring (bicyclic) bond motifs is 7. The lowest BCUT2D eigenvalue weighted by molar-refractivity contribution is -0.324. The number of carboxylic acids is 1. The lowest BCUT2D eigenvalue weighted by Gasteiger charge is -2.71. The minimum absolute atomic E-state index is 0.00719. The molecule has 0 spiro atoms. The van der Waals surface area contributed by atoms with Crippen LogP contribution in [0.5, 0.6) is 0 Å². The van der Waals surface area contributed by atoms with Crippen LogP contribution >= 0.6 is 0 Å². The van der Waals surface area contributed by atoms with E-state index in [0.29, 0.717) is 24.8 Å². The van der Waals surface area contributed by atoms with Crippen LogP contribution in [0.3, 0.4) is 0 Å². The Morgan fingerprint density at radius 1 is 0.863 bits per heavy atom. The summed E-state index contributed by atoms with van der Waals surface area (Å²) >= 11 is 0. The first-order chi connectivity index (χ1) is 23.7. The lowest BCUT2D eigenvalue weighted by Crippen LogP contribution is -2.66. The molecule has 0 unspecified atom stereocenters. The summed E-state index contributed by atoms with van der Waals surface area (Å²) in [4.78, 5) is 25.2. The van der Waals surface area contributed by atoms with Crippen LogP contribution in [-0.2, 0) is 19.1 Å².